The van der Waals surface area contributed by atoms with Gasteiger partial charge < -0.3 is 9.64 Å². The first kappa shape index (κ1) is 20.3. The molecule has 1 saturated heterocycles. The molecular weight excluding hydrogens is 384 g/mol. The van der Waals surface area contributed by atoms with Crippen LogP contribution in [0, 0.1) is 0 Å². The first-order valence-electron chi connectivity index (χ1n) is 11.8. The lowest BCUT2D eigenvalue weighted by atomic mass is 9.98. The van der Waals surface area contributed by atoms with Crippen LogP contribution in [0.15, 0.2) is 54.7 Å². The summed E-state index contributed by atoms with van der Waals surface area (Å²) in [5.41, 5.74) is 2.93. The molecule has 4 nitrogen and oxygen atoms in total. The highest BCUT2D eigenvalue weighted by Crippen LogP contribution is 2.32. The third-order valence-electron chi connectivity index (χ3n) is 7.08. The molecule has 3 aromatic rings. The fraction of sp³-hybridized carbons (Fsp3) is 0.444. The number of hydrogen-bond acceptors (Lipinski definition) is 3. The molecule has 5 rings (SSSR count). The van der Waals surface area contributed by atoms with Crippen LogP contribution in [-0.2, 0) is 6.42 Å². The molecule has 0 spiro atoms. The Balaban J connectivity index is 1.51. The molecule has 162 valence electrons. The summed E-state index contributed by atoms with van der Waals surface area (Å²) in [5, 5.41) is 1.15. The molecule has 1 aliphatic carbocycles. The summed E-state index contributed by atoms with van der Waals surface area (Å²) in [6, 6.07) is 16.4. The lowest BCUT2D eigenvalue weighted by Gasteiger charge is -2.23. The van der Waals surface area contributed by atoms with Crippen molar-refractivity contribution in [3.63, 3.8) is 0 Å². The number of likely N-dealkylation sites (tertiary alicyclic amines) is 1. The topological polar surface area (TPSA) is 34.5 Å². The molecule has 1 atom stereocenters. The van der Waals surface area contributed by atoms with Gasteiger partial charge in [0.1, 0.15) is 5.75 Å². The number of ether oxygens (including phenoxy) is 1. The zero-order valence-electron chi connectivity index (χ0n) is 18.4. The van der Waals surface area contributed by atoms with E-state index in [0.29, 0.717) is 17.7 Å². The fourth-order valence-electron chi connectivity index (χ4n) is 5.27. The number of likely N-dealkylation sites (N-methyl/N-ethyl adjacent to an activating group) is 1. The standard InChI is InChI=1S/C27H32N2O2/c1-28-16-8-11-22(28)17-21-19-29(27(30)20-9-4-2-5-10-20)26-15-14-24(18-25(21)26)31-23-12-6-3-7-13-23/h2,4-5,9-10,14-15,18-19,22-23H,3,6-8,11-13,16-17H2,1H3. The van der Waals surface area contributed by atoms with Crippen molar-refractivity contribution < 1.29 is 9.53 Å². The Labute approximate surface area is 184 Å². The molecule has 31 heavy (non-hydrogen) atoms. The van der Waals surface area contributed by atoms with E-state index in [-0.39, 0.29) is 5.91 Å². The van der Waals surface area contributed by atoms with E-state index in [0.717, 1.165) is 42.5 Å². The van der Waals surface area contributed by atoms with Crippen LogP contribution >= 0.6 is 0 Å². The maximum atomic E-state index is 13.3. The summed E-state index contributed by atoms with van der Waals surface area (Å²) < 4.78 is 8.19. The average Bonchev–Trinajstić information content (AvgIpc) is 3.38. The van der Waals surface area contributed by atoms with Crippen molar-refractivity contribution in [2.24, 2.45) is 0 Å². The minimum Gasteiger partial charge on any atom is -0.490 e. The van der Waals surface area contributed by atoms with E-state index in [1.165, 1.54) is 37.7 Å². The Morgan fingerprint density at radius 2 is 1.81 bits per heavy atom. The number of hydrogen-bond donors (Lipinski definition) is 0. The van der Waals surface area contributed by atoms with E-state index >= 15 is 0 Å². The second kappa shape index (κ2) is 8.88. The van der Waals surface area contributed by atoms with E-state index in [1.807, 2.05) is 41.0 Å². The molecule has 1 aromatic heterocycles. The molecule has 2 aromatic carbocycles. The van der Waals surface area contributed by atoms with Crippen LogP contribution in [0.5, 0.6) is 5.75 Å². The average molecular weight is 417 g/mol. The van der Waals surface area contributed by atoms with Gasteiger partial charge in [-0.15, -0.1) is 0 Å². The van der Waals surface area contributed by atoms with Gasteiger partial charge >= 0.3 is 0 Å². The minimum absolute atomic E-state index is 0.0255. The molecular formula is C27H32N2O2. The minimum atomic E-state index is 0.0255. The quantitative estimate of drug-likeness (QED) is 0.537. The molecule has 1 aliphatic heterocycles. The zero-order valence-corrected chi connectivity index (χ0v) is 18.4. The second-order valence-corrected chi connectivity index (χ2v) is 9.23. The van der Waals surface area contributed by atoms with E-state index in [4.69, 9.17) is 4.74 Å². The van der Waals surface area contributed by atoms with Crippen LogP contribution in [0.2, 0.25) is 0 Å². The number of benzene rings is 2. The predicted octanol–water partition coefficient (Wildman–Crippen LogP) is 5.68. The van der Waals surface area contributed by atoms with Gasteiger partial charge in [0.05, 0.1) is 11.6 Å². The van der Waals surface area contributed by atoms with E-state index in [2.05, 4.69) is 30.3 Å². The third kappa shape index (κ3) is 4.27. The van der Waals surface area contributed by atoms with E-state index in [9.17, 15) is 4.79 Å². The highest BCUT2D eigenvalue weighted by atomic mass is 16.5. The van der Waals surface area contributed by atoms with Crippen molar-refractivity contribution in [1.82, 2.24) is 9.47 Å². The molecule has 2 fully saturated rings. The summed E-state index contributed by atoms with van der Waals surface area (Å²) >= 11 is 0. The number of aromatic nitrogens is 1. The number of carbonyl (C=O) groups is 1. The number of fused-ring (bicyclic) bond motifs is 1. The maximum Gasteiger partial charge on any atom is 0.262 e. The summed E-state index contributed by atoms with van der Waals surface area (Å²) in [7, 11) is 2.21. The fourth-order valence-corrected chi connectivity index (χ4v) is 5.27. The SMILES string of the molecule is CN1CCCC1Cc1cn(C(=O)c2ccccc2)c2ccc(OC3CCCCC3)cc12. The molecule has 1 saturated carbocycles. The van der Waals surface area contributed by atoms with E-state index in [1.54, 1.807) is 0 Å². The van der Waals surface area contributed by atoms with Crippen LogP contribution in [0.25, 0.3) is 10.9 Å². The Morgan fingerprint density at radius 3 is 2.55 bits per heavy atom. The van der Waals surface area contributed by atoms with Crippen molar-refractivity contribution in [3.8, 4) is 5.75 Å². The molecule has 0 amide bonds. The molecule has 0 bridgehead atoms. The first-order chi connectivity index (χ1) is 15.2. The lowest BCUT2D eigenvalue weighted by Crippen LogP contribution is -2.26. The second-order valence-electron chi connectivity index (χ2n) is 9.23. The first-order valence-corrected chi connectivity index (χ1v) is 11.8. The number of nitrogens with zero attached hydrogens (tertiary/aromatic N) is 2. The number of rotatable bonds is 5. The summed E-state index contributed by atoms with van der Waals surface area (Å²) in [6.45, 7) is 1.16. The molecule has 0 radical (unpaired) electrons. The van der Waals surface area contributed by atoms with Crippen molar-refractivity contribution in [2.75, 3.05) is 13.6 Å². The van der Waals surface area contributed by atoms with Gasteiger partial charge in [-0.2, -0.15) is 0 Å². The van der Waals surface area contributed by atoms with Crippen molar-refractivity contribution >= 4 is 16.8 Å². The third-order valence-corrected chi connectivity index (χ3v) is 7.08. The van der Waals surface area contributed by atoms with Gasteiger partial charge in [-0.25, -0.2) is 0 Å². The molecule has 0 N–H and O–H groups in total. The van der Waals surface area contributed by atoms with Crippen LogP contribution < -0.4 is 4.74 Å². The van der Waals surface area contributed by atoms with Gasteiger partial charge in [0.2, 0.25) is 0 Å². The van der Waals surface area contributed by atoms with Gasteiger partial charge in [0.15, 0.2) is 0 Å². The Hall–Kier alpha value is -2.59. The van der Waals surface area contributed by atoms with Gasteiger partial charge in [-0.05, 0) is 94.4 Å². The Bertz CT molecular complexity index is 1050. The molecule has 4 heteroatoms. The van der Waals surface area contributed by atoms with Crippen LogP contribution in [0.4, 0.5) is 0 Å². The summed E-state index contributed by atoms with van der Waals surface area (Å²) in [4.78, 5) is 15.7. The van der Waals surface area contributed by atoms with E-state index < -0.39 is 0 Å². The smallest absolute Gasteiger partial charge is 0.262 e. The van der Waals surface area contributed by atoms with Gasteiger partial charge in [0, 0.05) is 23.2 Å². The molecule has 1 unspecified atom stereocenters. The lowest BCUT2D eigenvalue weighted by molar-refractivity contribution is 0.0964. The van der Waals surface area contributed by atoms with Crippen LogP contribution in [0.1, 0.15) is 60.9 Å². The predicted molar refractivity (Wildman–Crippen MR) is 125 cm³/mol. The van der Waals surface area contributed by atoms with Gasteiger partial charge in [-0.1, -0.05) is 24.6 Å². The van der Waals surface area contributed by atoms with Crippen LogP contribution in [-0.4, -0.2) is 41.1 Å². The van der Waals surface area contributed by atoms with Gasteiger partial charge in [-0.3, -0.25) is 9.36 Å². The largest absolute Gasteiger partial charge is 0.490 e. The van der Waals surface area contributed by atoms with Gasteiger partial charge in [0.25, 0.3) is 5.91 Å². The highest BCUT2D eigenvalue weighted by Gasteiger charge is 2.24. The van der Waals surface area contributed by atoms with Crippen molar-refractivity contribution in [2.45, 2.75) is 63.5 Å². The normalized spacial score (nSPS) is 20.4. The molecule has 2 aliphatic rings. The zero-order chi connectivity index (χ0) is 21.2. The highest BCUT2D eigenvalue weighted by molar-refractivity contribution is 6.03. The summed E-state index contributed by atoms with van der Waals surface area (Å²) in [6.07, 6.45) is 11.9. The van der Waals surface area contributed by atoms with Crippen LogP contribution in [0.3, 0.4) is 0 Å². The Morgan fingerprint density at radius 1 is 1.00 bits per heavy atom. The monoisotopic (exact) mass is 416 g/mol. The Kier molecular flexibility index (Phi) is 5.82. The number of carbonyl (C=O) groups excluding carboxylic acids is 1. The molecule has 2 heterocycles. The maximum absolute atomic E-state index is 13.3. The van der Waals surface area contributed by atoms with Crippen molar-refractivity contribution in [3.05, 3.63) is 65.9 Å². The van der Waals surface area contributed by atoms with Crippen molar-refractivity contribution in [1.29, 1.82) is 0 Å². The summed E-state index contributed by atoms with van der Waals surface area (Å²) in [5.74, 6) is 0.961.